The smallest absolute Gasteiger partial charge is 0.330 e. The molecule has 0 aromatic carbocycles. The molecule has 0 saturated heterocycles. The minimum atomic E-state index is -0.371. The van der Waals surface area contributed by atoms with Gasteiger partial charge in [0.2, 0.25) is 0 Å². The summed E-state index contributed by atoms with van der Waals surface area (Å²) < 4.78 is 0. The van der Waals surface area contributed by atoms with Gasteiger partial charge in [-0.3, -0.25) is 0 Å². The molecule has 0 radical (unpaired) electrons. The first-order chi connectivity index (χ1) is 4.90. The molecule has 0 aromatic heterocycles. The highest BCUT2D eigenvalue weighted by Gasteiger charge is 2.27. The van der Waals surface area contributed by atoms with Crippen LogP contribution in [0.2, 0.25) is 0 Å². The molecule has 11 heavy (non-hydrogen) atoms. The fourth-order valence-corrected chi connectivity index (χ4v) is 0.434. The summed E-state index contributed by atoms with van der Waals surface area (Å²) in [5.74, 6) is -0.176. The van der Waals surface area contributed by atoms with Crippen molar-refractivity contribution >= 4 is 5.97 Å². The second-order valence-corrected chi connectivity index (χ2v) is 3.43. The van der Waals surface area contributed by atoms with E-state index in [9.17, 15) is 4.79 Å². The number of hydrogen-bond acceptors (Lipinski definition) is 3. The average Bonchev–Trinajstić information content (AvgIpc) is 1.86. The molecule has 0 amide bonds. The molecular weight excluding hydrogens is 142 g/mol. The lowest BCUT2D eigenvalue weighted by molar-refractivity contribution is -0.189. The summed E-state index contributed by atoms with van der Waals surface area (Å²) in [5, 5.41) is 1.42. The quantitative estimate of drug-likeness (QED) is 0.584. The average molecular weight is 159 g/mol. The van der Waals surface area contributed by atoms with Crippen LogP contribution in [-0.2, 0) is 9.63 Å². The zero-order chi connectivity index (χ0) is 9.07. The van der Waals surface area contributed by atoms with Crippen LogP contribution in [-0.4, -0.2) is 25.1 Å². The highest BCUT2D eigenvalue weighted by molar-refractivity contribution is 5.75. The van der Waals surface area contributed by atoms with Crippen molar-refractivity contribution in [1.29, 1.82) is 0 Å². The van der Waals surface area contributed by atoms with Crippen molar-refractivity contribution in [2.45, 2.75) is 27.2 Å². The Labute approximate surface area is 68.3 Å². The van der Waals surface area contributed by atoms with Crippen molar-refractivity contribution in [3.8, 4) is 0 Å². The molecule has 0 aromatic rings. The second kappa shape index (κ2) is 3.72. The van der Waals surface area contributed by atoms with Crippen LogP contribution in [0.15, 0.2) is 0 Å². The van der Waals surface area contributed by atoms with E-state index in [1.807, 2.05) is 20.8 Å². The van der Waals surface area contributed by atoms with Gasteiger partial charge in [-0.05, 0) is 20.3 Å². The van der Waals surface area contributed by atoms with E-state index in [0.717, 1.165) is 6.42 Å². The lowest BCUT2D eigenvalue weighted by atomic mass is 9.91. The lowest BCUT2D eigenvalue weighted by Crippen LogP contribution is -2.30. The van der Waals surface area contributed by atoms with Gasteiger partial charge in [0.1, 0.15) is 0 Å². The highest BCUT2D eigenvalue weighted by Crippen LogP contribution is 2.21. The van der Waals surface area contributed by atoms with E-state index in [2.05, 4.69) is 0 Å². The predicted molar refractivity (Wildman–Crippen MR) is 43.9 cm³/mol. The Morgan fingerprint density at radius 1 is 1.45 bits per heavy atom. The van der Waals surface area contributed by atoms with E-state index in [1.54, 1.807) is 14.1 Å². The number of hydroxylamine groups is 2. The van der Waals surface area contributed by atoms with Crippen LogP contribution in [0.25, 0.3) is 0 Å². The van der Waals surface area contributed by atoms with Crippen LogP contribution in [0.5, 0.6) is 0 Å². The molecule has 0 saturated carbocycles. The Morgan fingerprint density at radius 2 is 1.91 bits per heavy atom. The number of hydrogen-bond donors (Lipinski definition) is 0. The van der Waals surface area contributed by atoms with E-state index in [4.69, 9.17) is 4.84 Å². The van der Waals surface area contributed by atoms with E-state index in [0.29, 0.717) is 0 Å². The first-order valence-corrected chi connectivity index (χ1v) is 3.80. The molecule has 0 aliphatic carbocycles. The van der Waals surface area contributed by atoms with E-state index < -0.39 is 0 Å². The predicted octanol–water partition coefficient (Wildman–Crippen LogP) is 1.44. The number of nitrogens with zero attached hydrogens (tertiary/aromatic N) is 1. The molecule has 0 rings (SSSR count). The SMILES string of the molecule is CCC(C)(C)C(=O)ON(C)C. The maximum Gasteiger partial charge on any atom is 0.330 e. The Hall–Kier alpha value is -0.570. The zero-order valence-electron chi connectivity index (χ0n) is 7.97. The standard InChI is InChI=1S/C8H17NO2/c1-6-8(2,3)7(10)11-9(4)5/h6H2,1-5H3. The Morgan fingerprint density at radius 3 is 2.18 bits per heavy atom. The molecule has 3 nitrogen and oxygen atoms in total. The highest BCUT2D eigenvalue weighted by atomic mass is 16.7. The van der Waals surface area contributed by atoms with Gasteiger partial charge in [0, 0.05) is 14.1 Å². The molecule has 0 unspecified atom stereocenters. The molecule has 3 heteroatoms. The van der Waals surface area contributed by atoms with Gasteiger partial charge in [-0.15, -0.1) is 5.06 Å². The van der Waals surface area contributed by atoms with Gasteiger partial charge in [0.05, 0.1) is 5.41 Å². The van der Waals surface area contributed by atoms with Crippen LogP contribution in [0.3, 0.4) is 0 Å². The molecule has 0 spiro atoms. The second-order valence-electron chi connectivity index (χ2n) is 3.43. The summed E-state index contributed by atoms with van der Waals surface area (Å²) in [4.78, 5) is 16.1. The number of carbonyl (C=O) groups excluding carboxylic acids is 1. The third-order valence-corrected chi connectivity index (χ3v) is 1.70. The largest absolute Gasteiger partial charge is 0.368 e. The Kier molecular flexibility index (Phi) is 3.52. The van der Waals surface area contributed by atoms with Crippen molar-refractivity contribution in [3.05, 3.63) is 0 Å². The van der Waals surface area contributed by atoms with E-state index >= 15 is 0 Å². The van der Waals surface area contributed by atoms with Crippen molar-refractivity contribution in [2.24, 2.45) is 5.41 Å². The molecule has 0 atom stereocenters. The molecule has 0 aliphatic heterocycles. The first kappa shape index (κ1) is 10.4. The minimum Gasteiger partial charge on any atom is -0.368 e. The third kappa shape index (κ3) is 3.37. The summed E-state index contributed by atoms with van der Waals surface area (Å²) >= 11 is 0. The topological polar surface area (TPSA) is 29.5 Å². The molecule has 0 heterocycles. The first-order valence-electron chi connectivity index (χ1n) is 3.80. The van der Waals surface area contributed by atoms with Crippen molar-refractivity contribution in [1.82, 2.24) is 5.06 Å². The summed E-state index contributed by atoms with van der Waals surface area (Å²) in [5.41, 5.74) is -0.371. The minimum absolute atomic E-state index is 0.176. The summed E-state index contributed by atoms with van der Waals surface area (Å²) in [6.07, 6.45) is 0.791. The lowest BCUT2D eigenvalue weighted by Gasteiger charge is -2.22. The van der Waals surface area contributed by atoms with Gasteiger partial charge >= 0.3 is 5.97 Å². The Balaban J connectivity index is 4.02. The van der Waals surface area contributed by atoms with Crippen LogP contribution < -0.4 is 0 Å². The van der Waals surface area contributed by atoms with Crippen LogP contribution in [0.1, 0.15) is 27.2 Å². The van der Waals surface area contributed by atoms with Gasteiger partial charge in [-0.1, -0.05) is 6.92 Å². The monoisotopic (exact) mass is 159 g/mol. The maximum absolute atomic E-state index is 11.2. The summed E-state index contributed by atoms with van der Waals surface area (Å²) in [6, 6.07) is 0. The van der Waals surface area contributed by atoms with Gasteiger partial charge in [-0.2, -0.15) is 0 Å². The van der Waals surface area contributed by atoms with Crippen molar-refractivity contribution < 1.29 is 9.63 Å². The maximum atomic E-state index is 11.2. The molecule has 0 aliphatic rings. The zero-order valence-corrected chi connectivity index (χ0v) is 7.97. The molecule has 66 valence electrons. The fourth-order valence-electron chi connectivity index (χ4n) is 0.434. The van der Waals surface area contributed by atoms with E-state index in [1.165, 1.54) is 5.06 Å². The Bertz CT molecular complexity index is 141. The van der Waals surface area contributed by atoms with Crippen LogP contribution in [0.4, 0.5) is 0 Å². The van der Waals surface area contributed by atoms with Crippen LogP contribution in [0, 0.1) is 5.41 Å². The van der Waals surface area contributed by atoms with Crippen molar-refractivity contribution in [3.63, 3.8) is 0 Å². The van der Waals surface area contributed by atoms with Crippen LogP contribution >= 0.6 is 0 Å². The van der Waals surface area contributed by atoms with Gasteiger partial charge in [0.25, 0.3) is 0 Å². The number of rotatable bonds is 3. The van der Waals surface area contributed by atoms with E-state index in [-0.39, 0.29) is 11.4 Å². The normalized spacial score (nSPS) is 11.8. The van der Waals surface area contributed by atoms with Gasteiger partial charge < -0.3 is 4.84 Å². The number of carbonyl (C=O) groups is 1. The fraction of sp³-hybridized carbons (Fsp3) is 0.875. The third-order valence-electron chi connectivity index (χ3n) is 1.70. The summed E-state index contributed by atoms with van der Waals surface area (Å²) in [7, 11) is 3.40. The molecule has 0 fully saturated rings. The molecular formula is C8H17NO2. The van der Waals surface area contributed by atoms with Gasteiger partial charge in [0.15, 0.2) is 0 Å². The molecule has 0 N–H and O–H groups in total. The van der Waals surface area contributed by atoms with Gasteiger partial charge in [-0.25, -0.2) is 4.79 Å². The van der Waals surface area contributed by atoms with Crippen molar-refractivity contribution in [2.75, 3.05) is 14.1 Å². The molecule has 0 bridgehead atoms. The summed E-state index contributed by atoms with van der Waals surface area (Å²) in [6.45, 7) is 5.72.